The second-order valence-corrected chi connectivity index (χ2v) is 7.89. The largest absolute Gasteiger partial charge is 0.299 e. The van der Waals surface area contributed by atoms with Gasteiger partial charge in [-0.15, -0.1) is 11.8 Å². The molecule has 0 aromatic carbocycles. The highest BCUT2D eigenvalue weighted by Gasteiger charge is 2.33. The van der Waals surface area contributed by atoms with Gasteiger partial charge in [0, 0.05) is 18.5 Å². The minimum Gasteiger partial charge on any atom is -0.299 e. The summed E-state index contributed by atoms with van der Waals surface area (Å²) in [6.45, 7) is 8.21. The molecule has 1 aromatic heterocycles. The number of pyridine rings is 1. The molecule has 19 heavy (non-hydrogen) atoms. The number of thioether (sulfide) groups is 1. The zero-order valence-corrected chi connectivity index (χ0v) is 13.8. The summed E-state index contributed by atoms with van der Waals surface area (Å²) in [7, 11) is 0. The van der Waals surface area contributed by atoms with Gasteiger partial charge < -0.3 is 0 Å². The van der Waals surface area contributed by atoms with E-state index in [-0.39, 0.29) is 11.7 Å². The molecule has 0 aliphatic heterocycles. The van der Waals surface area contributed by atoms with E-state index in [0.717, 1.165) is 11.4 Å². The Morgan fingerprint density at radius 1 is 1.37 bits per heavy atom. The van der Waals surface area contributed by atoms with Crippen molar-refractivity contribution in [1.82, 2.24) is 4.98 Å². The minimum absolute atomic E-state index is 0.0369. The molecule has 0 amide bonds. The van der Waals surface area contributed by atoms with Crippen molar-refractivity contribution < 1.29 is 4.79 Å². The van der Waals surface area contributed by atoms with Crippen molar-refractivity contribution in [2.45, 2.75) is 38.2 Å². The second-order valence-electron chi connectivity index (χ2n) is 5.50. The molecular weight excluding hydrogens is 274 g/mol. The summed E-state index contributed by atoms with van der Waals surface area (Å²) < 4.78 is -0.521. The van der Waals surface area contributed by atoms with Crippen LogP contribution in [0.3, 0.4) is 0 Å². The second kappa shape index (κ2) is 7.34. The molecule has 1 heterocycles. The molecule has 1 aromatic rings. The van der Waals surface area contributed by atoms with Crippen LogP contribution < -0.4 is 0 Å². The van der Waals surface area contributed by atoms with E-state index < -0.39 is 4.08 Å². The van der Waals surface area contributed by atoms with E-state index in [0.29, 0.717) is 12.3 Å². The van der Waals surface area contributed by atoms with Gasteiger partial charge in [-0.05, 0) is 23.8 Å². The van der Waals surface area contributed by atoms with Crippen molar-refractivity contribution in [2.24, 2.45) is 11.8 Å². The molecule has 0 saturated carbocycles. The number of carbonyl (C=O) groups excluding carboxylic acids is 1. The Labute approximate surface area is 126 Å². The lowest BCUT2D eigenvalue weighted by Crippen LogP contribution is -2.24. The van der Waals surface area contributed by atoms with Crippen LogP contribution >= 0.6 is 24.4 Å². The standard InChI is InChI=1S/C15H23NOS2/c1-11(2)10-19-15(18,9-13(17)12(3)4)14-7-5-6-8-16-14/h5-8,11-12,18H,9-10H2,1-4H3. The molecule has 0 aliphatic carbocycles. The average molecular weight is 297 g/mol. The smallest absolute Gasteiger partial charge is 0.138 e. The number of ketones is 1. The maximum Gasteiger partial charge on any atom is 0.138 e. The Morgan fingerprint density at radius 2 is 2.05 bits per heavy atom. The first-order valence-electron chi connectivity index (χ1n) is 6.65. The third-order valence-electron chi connectivity index (χ3n) is 2.78. The topological polar surface area (TPSA) is 30.0 Å². The zero-order valence-electron chi connectivity index (χ0n) is 12.1. The van der Waals surface area contributed by atoms with Gasteiger partial charge >= 0.3 is 0 Å². The third-order valence-corrected chi connectivity index (χ3v) is 5.22. The van der Waals surface area contributed by atoms with Crippen LogP contribution in [0.1, 0.15) is 39.8 Å². The fourth-order valence-electron chi connectivity index (χ4n) is 1.55. The SMILES string of the molecule is CC(C)CSC(S)(CC(=O)C(C)C)c1ccccn1. The molecule has 0 saturated heterocycles. The molecule has 0 N–H and O–H groups in total. The van der Waals surface area contributed by atoms with Crippen LogP contribution in [0, 0.1) is 11.8 Å². The number of aromatic nitrogens is 1. The number of rotatable bonds is 7. The van der Waals surface area contributed by atoms with Gasteiger partial charge in [0.25, 0.3) is 0 Å². The number of hydrogen-bond donors (Lipinski definition) is 1. The summed E-state index contributed by atoms with van der Waals surface area (Å²) in [5.74, 6) is 1.80. The fraction of sp³-hybridized carbons (Fsp3) is 0.600. The van der Waals surface area contributed by atoms with Crippen molar-refractivity contribution in [2.75, 3.05) is 5.75 Å². The predicted molar refractivity (Wildman–Crippen MR) is 86.7 cm³/mol. The Balaban J connectivity index is 2.93. The van der Waals surface area contributed by atoms with Crippen molar-refractivity contribution in [1.29, 1.82) is 0 Å². The van der Waals surface area contributed by atoms with E-state index in [1.807, 2.05) is 32.0 Å². The molecule has 1 atom stereocenters. The van der Waals surface area contributed by atoms with Gasteiger partial charge in [-0.1, -0.05) is 33.8 Å². The van der Waals surface area contributed by atoms with Crippen LogP contribution in [0.5, 0.6) is 0 Å². The Kier molecular flexibility index (Phi) is 6.40. The summed E-state index contributed by atoms with van der Waals surface area (Å²) in [4.78, 5) is 16.5. The maximum atomic E-state index is 12.1. The predicted octanol–water partition coefficient (Wildman–Crippen LogP) is 4.17. The highest BCUT2D eigenvalue weighted by Crippen LogP contribution is 2.44. The molecular formula is C15H23NOS2. The van der Waals surface area contributed by atoms with Crippen LogP contribution in [0.25, 0.3) is 0 Å². The Morgan fingerprint density at radius 3 is 2.53 bits per heavy atom. The van der Waals surface area contributed by atoms with Gasteiger partial charge in [0.2, 0.25) is 0 Å². The van der Waals surface area contributed by atoms with Crippen LogP contribution in [0.15, 0.2) is 24.4 Å². The molecule has 1 unspecified atom stereocenters. The van der Waals surface area contributed by atoms with Crippen molar-refractivity contribution in [3.63, 3.8) is 0 Å². The lowest BCUT2D eigenvalue weighted by Gasteiger charge is -2.28. The van der Waals surface area contributed by atoms with E-state index in [2.05, 4.69) is 18.8 Å². The monoisotopic (exact) mass is 297 g/mol. The first kappa shape index (κ1) is 16.6. The van der Waals surface area contributed by atoms with E-state index in [9.17, 15) is 4.79 Å². The lowest BCUT2D eigenvalue weighted by atomic mass is 10.0. The lowest BCUT2D eigenvalue weighted by molar-refractivity contribution is -0.122. The fourth-order valence-corrected chi connectivity index (χ4v) is 3.19. The number of Topliss-reactive ketones (excluding diaryl/α,β-unsaturated/α-hetero) is 1. The summed E-state index contributed by atoms with van der Waals surface area (Å²) in [5.41, 5.74) is 0.873. The molecule has 106 valence electrons. The van der Waals surface area contributed by atoms with E-state index >= 15 is 0 Å². The van der Waals surface area contributed by atoms with Gasteiger partial charge in [0.05, 0.1) is 5.69 Å². The van der Waals surface area contributed by atoms with Crippen LogP contribution in [0.4, 0.5) is 0 Å². The van der Waals surface area contributed by atoms with Crippen LogP contribution in [-0.4, -0.2) is 16.5 Å². The van der Waals surface area contributed by atoms with E-state index in [4.69, 9.17) is 12.6 Å². The van der Waals surface area contributed by atoms with Gasteiger partial charge in [0.15, 0.2) is 0 Å². The third kappa shape index (κ3) is 5.19. The Bertz CT molecular complexity index is 406. The van der Waals surface area contributed by atoms with Crippen molar-refractivity contribution in [3.05, 3.63) is 30.1 Å². The molecule has 2 nitrogen and oxygen atoms in total. The number of thiol groups is 1. The Hall–Kier alpha value is -0.480. The van der Waals surface area contributed by atoms with Crippen molar-refractivity contribution >= 4 is 30.2 Å². The minimum atomic E-state index is -0.521. The molecule has 4 heteroatoms. The molecule has 0 spiro atoms. The summed E-state index contributed by atoms with van der Waals surface area (Å²) in [6, 6.07) is 5.78. The van der Waals surface area contributed by atoms with E-state index in [1.54, 1.807) is 18.0 Å². The number of carbonyl (C=O) groups is 1. The summed E-state index contributed by atoms with van der Waals surface area (Å²) in [6.07, 6.45) is 2.18. The first-order valence-corrected chi connectivity index (χ1v) is 8.09. The summed E-state index contributed by atoms with van der Waals surface area (Å²) in [5, 5.41) is 0. The molecule has 0 radical (unpaired) electrons. The maximum absolute atomic E-state index is 12.1. The highest BCUT2D eigenvalue weighted by atomic mass is 32.2. The molecule has 0 fully saturated rings. The average Bonchev–Trinajstić information content (AvgIpc) is 2.37. The molecule has 1 rings (SSSR count). The molecule has 0 bridgehead atoms. The normalized spacial score (nSPS) is 14.7. The van der Waals surface area contributed by atoms with E-state index in [1.165, 1.54) is 0 Å². The quantitative estimate of drug-likeness (QED) is 0.605. The van der Waals surface area contributed by atoms with Gasteiger partial charge in [-0.25, -0.2) is 0 Å². The van der Waals surface area contributed by atoms with Crippen molar-refractivity contribution in [3.8, 4) is 0 Å². The van der Waals surface area contributed by atoms with Gasteiger partial charge in [-0.3, -0.25) is 9.78 Å². The van der Waals surface area contributed by atoms with Crippen LogP contribution in [-0.2, 0) is 8.87 Å². The summed E-state index contributed by atoms with van der Waals surface area (Å²) >= 11 is 6.51. The van der Waals surface area contributed by atoms with Crippen LogP contribution in [0.2, 0.25) is 0 Å². The first-order chi connectivity index (χ1) is 8.85. The highest BCUT2D eigenvalue weighted by molar-refractivity contribution is 8.10. The molecule has 0 aliphatic rings. The number of hydrogen-bond acceptors (Lipinski definition) is 4. The number of nitrogens with zero attached hydrogens (tertiary/aromatic N) is 1. The van der Waals surface area contributed by atoms with Gasteiger partial charge in [0.1, 0.15) is 9.86 Å². The zero-order chi connectivity index (χ0) is 14.5. The van der Waals surface area contributed by atoms with Gasteiger partial charge in [-0.2, -0.15) is 12.6 Å².